The number of nitrogens with one attached hydrogen (secondary N) is 1. The van der Waals surface area contributed by atoms with Crippen molar-refractivity contribution in [2.75, 3.05) is 31.2 Å². The second-order valence-electron chi connectivity index (χ2n) is 6.20. The minimum Gasteiger partial charge on any atom is -0.378 e. The lowest BCUT2D eigenvalue weighted by Gasteiger charge is -2.28. The van der Waals surface area contributed by atoms with Crippen LogP contribution in [-0.4, -0.2) is 43.3 Å². The van der Waals surface area contributed by atoms with Crippen molar-refractivity contribution >= 4 is 39.4 Å². The van der Waals surface area contributed by atoms with Gasteiger partial charge in [0.15, 0.2) is 0 Å². The first-order valence-corrected chi connectivity index (χ1v) is 9.50. The quantitative estimate of drug-likeness (QED) is 0.417. The molecule has 1 amide bonds. The molecule has 0 saturated carbocycles. The van der Waals surface area contributed by atoms with Crippen molar-refractivity contribution in [2.24, 2.45) is 5.10 Å². The van der Waals surface area contributed by atoms with Crippen LogP contribution in [0.4, 0.5) is 11.4 Å². The van der Waals surface area contributed by atoms with Gasteiger partial charge in [0.2, 0.25) is 5.91 Å². The Morgan fingerprint density at radius 3 is 2.64 bits per heavy atom. The van der Waals surface area contributed by atoms with E-state index in [1.54, 1.807) is 12.1 Å². The molecule has 0 unspecified atom stereocenters. The number of carbonyl (C=O) groups excluding carboxylic acids is 1. The molecule has 1 fully saturated rings. The van der Waals surface area contributed by atoms with Crippen LogP contribution in [-0.2, 0) is 16.0 Å². The zero-order chi connectivity index (χ0) is 19.9. The van der Waals surface area contributed by atoms with Crippen molar-refractivity contribution < 1.29 is 14.5 Å². The predicted molar refractivity (Wildman–Crippen MR) is 110 cm³/mol. The largest absolute Gasteiger partial charge is 0.378 e. The van der Waals surface area contributed by atoms with E-state index in [-0.39, 0.29) is 18.0 Å². The summed E-state index contributed by atoms with van der Waals surface area (Å²) in [6.45, 7) is 2.32. The van der Waals surface area contributed by atoms with E-state index in [1.807, 2.05) is 29.2 Å². The second-order valence-corrected chi connectivity index (χ2v) is 7.12. The molecule has 2 aromatic rings. The fourth-order valence-electron chi connectivity index (χ4n) is 2.84. The topological polar surface area (TPSA) is 97.1 Å². The van der Waals surface area contributed by atoms with Crippen LogP contribution in [0.5, 0.6) is 0 Å². The maximum absolute atomic E-state index is 12.0. The summed E-state index contributed by atoms with van der Waals surface area (Å²) in [5.41, 5.74) is 4.41. The van der Waals surface area contributed by atoms with Gasteiger partial charge in [-0.15, -0.1) is 0 Å². The van der Waals surface area contributed by atoms with Crippen LogP contribution in [0.2, 0.25) is 0 Å². The summed E-state index contributed by atoms with van der Waals surface area (Å²) in [5, 5.41) is 15.4. The number of hydrogen-bond acceptors (Lipinski definition) is 6. The number of amides is 1. The van der Waals surface area contributed by atoms with Crippen molar-refractivity contribution in [3.05, 3.63) is 68.2 Å². The van der Waals surface area contributed by atoms with Crippen LogP contribution < -0.4 is 10.3 Å². The minimum atomic E-state index is -0.408. The molecule has 1 heterocycles. The molecule has 1 aliphatic rings. The third-order valence-electron chi connectivity index (χ3n) is 4.23. The van der Waals surface area contributed by atoms with E-state index in [4.69, 9.17) is 4.74 Å². The lowest BCUT2D eigenvalue weighted by molar-refractivity contribution is -0.384. The molecule has 3 rings (SSSR count). The molecule has 2 aromatic carbocycles. The highest BCUT2D eigenvalue weighted by molar-refractivity contribution is 9.10. The first-order chi connectivity index (χ1) is 13.5. The maximum Gasteiger partial charge on any atom is 0.293 e. The maximum atomic E-state index is 12.0. The number of carbonyl (C=O) groups is 1. The summed E-state index contributed by atoms with van der Waals surface area (Å²) in [7, 11) is 0. The van der Waals surface area contributed by atoms with Crippen LogP contribution in [0.3, 0.4) is 0 Å². The van der Waals surface area contributed by atoms with E-state index in [1.165, 1.54) is 12.3 Å². The van der Waals surface area contributed by atoms with Gasteiger partial charge in [0.05, 0.1) is 30.8 Å². The molecule has 8 nitrogen and oxygen atoms in total. The Labute approximate surface area is 170 Å². The molecule has 28 heavy (non-hydrogen) atoms. The number of hydrogen-bond donors (Lipinski definition) is 1. The number of benzene rings is 2. The van der Waals surface area contributed by atoms with E-state index in [9.17, 15) is 14.9 Å². The van der Waals surface area contributed by atoms with Crippen molar-refractivity contribution in [3.63, 3.8) is 0 Å². The highest BCUT2D eigenvalue weighted by Gasteiger charge is 2.21. The molecule has 0 aromatic heterocycles. The molecule has 146 valence electrons. The SMILES string of the molecule is O=C(Cc1ccc(Br)cc1)N/N=C\c1ccc(N2CCOCC2)c([N+](=O)[O-])c1. The second kappa shape index (κ2) is 9.43. The molecule has 0 aliphatic carbocycles. The summed E-state index contributed by atoms with van der Waals surface area (Å²) in [4.78, 5) is 24.9. The van der Waals surface area contributed by atoms with Gasteiger partial charge in [0, 0.05) is 29.2 Å². The Morgan fingerprint density at radius 2 is 1.96 bits per heavy atom. The zero-order valence-corrected chi connectivity index (χ0v) is 16.6. The summed E-state index contributed by atoms with van der Waals surface area (Å²) in [5.74, 6) is -0.266. The average molecular weight is 447 g/mol. The number of morpholine rings is 1. The van der Waals surface area contributed by atoms with Gasteiger partial charge in [0.1, 0.15) is 5.69 Å². The lowest BCUT2D eigenvalue weighted by atomic mass is 10.1. The van der Waals surface area contributed by atoms with Gasteiger partial charge >= 0.3 is 0 Å². The van der Waals surface area contributed by atoms with Gasteiger partial charge in [-0.3, -0.25) is 14.9 Å². The molecular formula is C19H19BrN4O4. The monoisotopic (exact) mass is 446 g/mol. The fraction of sp³-hybridized carbons (Fsp3) is 0.263. The molecule has 1 N–H and O–H groups in total. The number of rotatable bonds is 6. The van der Waals surface area contributed by atoms with Crippen LogP contribution in [0.1, 0.15) is 11.1 Å². The standard InChI is InChI=1S/C19H19BrN4O4/c20-16-4-1-14(2-5-16)12-19(25)22-21-13-15-3-6-17(18(11-15)24(26)27)23-7-9-28-10-8-23/h1-6,11,13H,7-10,12H2,(H,22,25)/b21-13-. The lowest BCUT2D eigenvalue weighted by Crippen LogP contribution is -2.36. The molecule has 0 spiro atoms. The van der Waals surface area contributed by atoms with Crippen LogP contribution >= 0.6 is 15.9 Å². The van der Waals surface area contributed by atoms with Gasteiger partial charge in [-0.05, 0) is 23.8 Å². The van der Waals surface area contributed by atoms with E-state index in [2.05, 4.69) is 26.5 Å². The van der Waals surface area contributed by atoms with Crippen molar-refractivity contribution in [1.82, 2.24) is 5.43 Å². The Morgan fingerprint density at radius 1 is 1.25 bits per heavy atom. The van der Waals surface area contributed by atoms with Crippen LogP contribution in [0.25, 0.3) is 0 Å². The highest BCUT2D eigenvalue weighted by Crippen LogP contribution is 2.29. The van der Waals surface area contributed by atoms with Crippen molar-refractivity contribution in [1.29, 1.82) is 0 Å². The number of anilines is 1. The molecule has 0 bridgehead atoms. The molecular weight excluding hydrogens is 428 g/mol. The fourth-order valence-corrected chi connectivity index (χ4v) is 3.11. The molecule has 0 radical (unpaired) electrons. The Balaban J connectivity index is 1.64. The molecule has 0 atom stereocenters. The normalized spacial score (nSPS) is 14.2. The van der Waals surface area contributed by atoms with E-state index in [0.717, 1.165) is 10.0 Å². The van der Waals surface area contributed by atoms with Gasteiger partial charge in [0.25, 0.3) is 5.69 Å². The Hall–Kier alpha value is -2.78. The van der Waals surface area contributed by atoms with Gasteiger partial charge in [-0.2, -0.15) is 5.10 Å². The Bertz CT molecular complexity index is 880. The van der Waals surface area contributed by atoms with Crippen LogP contribution in [0, 0.1) is 10.1 Å². The molecule has 1 aliphatic heterocycles. The molecule has 1 saturated heterocycles. The summed E-state index contributed by atoms with van der Waals surface area (Å²) >= 11 is 3.34. The number of halogens is 1. The van der Waals surface area contributed by atoms with E-state index < -0.39 is 4.92 Å². The number of hydrazone groups is 1. The first-order valence-electron chi connectivity index (χ1n) is 8.70. The predicted octanol–water partition coefficient (Wildman–Crippen LogP) is 2.89. The average Bonchev–Trinajstić information content (AvgIpc) is 2.70. The zero-order valence-electron chi connectivity index (χ0n) is 15.0. The van der Waals surface area contributed by atoms with E-state index >= 15 is 0 Å². The third-order valence-corrected chi connectivity index (χ3v) is 4.76. The van der Waals surface area contributed by atoms with E-state index in [0.29, 0.717) is 37.6 Å². The Kier molecular flexibility index (Phi) is 6.72. The van der Waals surface area contributed by atoms with Crippen LogP contribution in [0.15, 0.2) is 52.0 Å². The number of nitro groups is 1. The number of ether oxygens (including phenoxy) is 1. The van der Waals surface area contributed by atoms with Gasteiger partial charge in [-0.25, -0.2) is 5.43 Å². The summed E-state index contributed by atoms with van der Waals surface area (Å²) in [6.07, 6.45) is 1.59. The van der Waals surface area contributed by atoms with Gasteiger partial charge < -0.3 is 9.64 Å². The third kappa shape index (κ3) is 5.37. The summed E-state index contributed by atoms with van der Waals surface area (Å²) in [6, 6.07) is 12.3. The molecule has 9 heteroatoms. The number of nitrogens with zero attached hydrogens (tertiary/aromatic N) is 3. The van der Waals surface area contributed by atoms with Gasteiger partial charge in [-0.1, -0.05) is 34.1 Å². The first kappa shape index (κ1) is 20.0. The van der Waals surface area contributed by atoms with Crippen molar-refractivity contribution in [2.45, 2.75) is 6.42 Å². The number of nitro benzene ring substituents is 1. The smallest absolute Gasteiger partial charge is 0.293 e. The minimum absolute atomic E-state index is 0.00652. The highest BCUT2D eigenvalue weighted by atomic mass is 79.9. The van der Waals surface area contributed by atoms with Crippen molar-refractivity contribution in [3.8, 4) is 0 Å². The summed E-state index contributed by atoms with van der Waals surface area (Å²) < 4.78 is 6.24.